The number of hydrogen-bond acceptors (Lipinski definition) is 5. The van der Waals surface area contributed by atoms with Crippen LogP contribution in [0.15, 0.2) is 30.3 Å². The van der Waals surface area contributed by atoms with Crippen molar-refractivity contribution >= 4 is 23.3 Å². The van der Waals surface area contributed by atoms with Crippen LogP contribution >= 0.6 is 0 Å². The van der Waals surface area contributed by atoms with Crippen molar-refractivity contribution in [2.75, 3.05) is 45.0 Å². The fraction of sp³-hybridized carbons (Fsp3) is 0.500. The maximum atomic E-state index is 13.9. The standard InChI is InChI=1S/C28H38N4O4/c1-19-9-10-21(17-25(19)35-5)29-26(33)28(13-7-6-8-14-28)32-18-22-20(2)24(36-16-15-31(3)4)12-11-23(22)30-27(32)34/h9-12,17H,6-8,13-16,18H2,1-5H3,(H,29,33)(H,30,34). The summed E-state index contributed by atoms with van der Waals surface area (Å²) in [6, 6.07) is 9.20. The number of amides is 3. The third-order valence-corrected chi connectivity index (χ3v) is 7.43. The largest absolute Gasteiger partial charge is 0.496 e. The summed E-state index contributed by atoms with van der Waals surface area (Å²) in [5, 5.41) is 6.13. The highest BCUT2D eigenvalue weighted by Crippen LogP contribution is 2.41. The predicted molar refractivity (Wildman–Crippen MR) is 142 cm³/mol. The van der Waals surface area contributed by atoms with Crippen molar-refractivity contribution in [3.8, 4) is 11.5 Å². The molecule has 1 saturated carbocycles. The molecule has 2 aromatic rings. The molecule has 0 radical (unpaired) electrons. The number of ether oxygens (including phenoxy) is 2. The van der Waals surface area contributed by atoms with E-state index in [0.717, 1.165) is 53.9 Å². The lowest BCUT2D eigenvalue weighted by atomic mass is 9.78. The highest BCUT2D eigenvalue weighted by molar-refractivity contribution is 6.03. The Hall–Kier alpha value is -3.26. The van der Waals surface area contributed by atoms with Crippen molar-refractivity contribution in [2.24, 2.45) is 0 Å². The normalized spacial score (nSPS) is 16.8. The number of hydrogen-bond donors (Lipinski definition) is 2. The van der Waals surface area contributed by atoms with Gasteiger partial charge in [0.2, 0.25) is 5.91 Å². The first-order chi connectivity index (χ1) is 17.2. The van der Waals surface area contributed by atoms with E-state index in [0.29, 0.717) is 37.4 Å². The molecular weight excluding hydrogens is 456 g/mol. The highest BCUT2D eigenvalue weighted by atomic mass is 16.5. The van der Waals surface area contributed by atoms with Crippen LogP contribution in [0.25, 0.3) is 0 Å². The Bertz CT molecular complexity index is 1120. The SMILES string of the molecule is COc1cc(NC(=O)C2(N3Cc4c(ccc(OCCN(C)C)c4C)NC3=O)CCCCC2)ccc1C. The van der Waals surface area contributed by atoms with Gasteiger partial charge < -0.3 is 29.9 Å². The summed E-state index contributed by atoms with van der Waals surface area (Å²) in [6.45, 7) is 5.74. The third-order valence-electron chi connectivity index (χ3n) is 7.43. The summed E-state index contributed by atoms with van der Waals surface area (Å²) in [5.74, 6) is 1.37. The number of aryl methyl sites for hydroxylation is 1. The molecule has 1 heterocycles. The second-order valence-electron chi connectivity index (χ2n) is 10.1. The number of carbonyl (C=O) groups excluding carboxylic acids is 2. The van der Waals surface area contributed by atoms with Gasteiger partial charge in [-0.1, -0.05) is 25.3 Å². The molecule has 194 valence electrons. The van der Waals surface area contributed by atoms with Crippen molar-refractivity contribution in [3.63, 3.8) is 0 Å². The van der Waals surface area contributed by atoms with E-state index in [-0.39, 0.29) is 11.9 Å². The lowest BCUT2D eigenvalue weighted by molar-refractivity contribution is -0.128. The van der Waals surface area contributed by atoms with E-state index in [1.165, 1.54) is 0 Å². The number of likely N-dealkylation sites (N-methyl/N-ethyl adjacent to an activating group) is 1. The smallest absolute Gasteiger partial charge is 0.323 e. The number of nitrogens with zero attached hydrogens (tertiary/aromatic N) is 2. The summed E-state index contributed by atoms with van der Waals surface area (Å²) >= 11 is 0. The summed E-state index contributed by atoms with van der Waals surface area (Å²) in [6.07, 6.45) is 4.11. The number of nitrogens with one attached hydrogen (secondary N) is 2. The van der Waals surface area contributed by atoms with Crippen molar-refractivity contribution in [1.29, 1.82) is 0 Å². The Morgan fingerprint density at radius 3 is 2.56 bits per heavy atom. The van der Waals surface area contributed by atoms with Gasteiger partial charge in [0.15, 0.2) is 0 Å². The van der Waals surface area contributed by atoms with Crippen LogP contribution in [0.2, 0.25) is 0 Å². The van der Waals surface area contributed by atoms with Crippen LogP contribution in [0, 0.1) is 13.8 Å². The van der Waals surface area contributed by atoms with E-state index < -0.39 is 5.54 Å². The van der Waals surface area contributed by atoms with Crippen LogP contribution in [-0.2, 0) is 11.3 Å². The van der Waals surface area contributed by atoms with Gasteiger partial charge in [0, 0.05) is 29.5 Å². The van der Waals surface area contributed by atoms with E-state index in [1.54, 1.807) is 12.0 Å². The van der Waals surface area contributed by atoms with Gasteiger partial charge in [-0.2, -0.15) is 0 Å². The van der Waals surface area contributed by atoms with E-state index in [2.05, 4.69) is 15.5 Å². The number of urea groups is 1. The molecule has 1 fully saturated rings. The molecule has 2 aliphatic rings. The van der Waals surface area contributed by atoms with Crippen molar-refractivity contribution in [2.45, 2.75) is 58.0 Å². The molecule has 8 nitrogen and oxygen atoms in total. The first-order valence-electron chi connectivity index (χ1n) is 12.7. The number of benzene rings is 2. The quantitative estimate of drug-likeness (QED) is 0.543. The fourth-order valence-electron chi connectivity index (χ4n) is 5.21. The maximum Gasteiger partial charge on any atom is 0.323 e. The monoisotopic (exact) mass is 494 g/mol. The number of methoxy groups -OCH3 is 1. The van der Waals surface area contributed by atoms with Crippen LogP contribution in [0.4, 0.5) is 16.2 Å². The highest BCUT2D eigenvalue weighted by Gasteiger charge is 2.48. The van der Waals surface area contributed by atoms with E-state index in [4.69, 9.17) is 9.47 Å². The molecule has 0 spiro atoms. The number of carbonyl (C=O) groups is 2. The first-order valence-corrected chi connectivity index (χ1v) is 12.7. The Morgan fingerprint density at radius 1 is 1.11 bits per heavy atom. The minimum atomic E-state index is -0.924. The first kappa shape index (κ1) is 25.8. The van der Waals surface area contributed by atoms with Crippen LogP contribution < -0.4 is 20.1 Å². The molecule has 2 N–H and O–H groups in total. The number of rotatable bonds is 8. The Kier molecular flexibility index (Phi) is 7.73. The number of anilines is 2. The minimum Gasteiger partial charge on any atom is -0.496 e. The lowest BCUT2D eigenvalue weighted by Gasteiger charge is -2.47. The van der Waals surface area contributed by atoms with Crippen LogP contribution in [0.5, 0.6) is 11.5 Å². The van der Waals surface area contributed by atoms with Gasteiger partial charge >= 0.3 is 6.03 Å². The zero-order valence-corrected chi connectivity index (χ0v) is 22.1. The van der Waals surface area contributed by atoms with Gasteiger partial charge in [-0.15, -0.1) is 0 Å². The molecule has 4 rings (SSSR count). The minimum absolute atomic E-state index is 0.150. The maximum absolute atomic E-state index is 13.9. The van der Waals surface area contributed by atoms with Gasteiger partial charge in [0.25, 0.3) is 0 Å². The summed E-state index contributed by atoms with van der Waals surface area (Å²) < 4.78 is 11.5. The molecule has 0 aromatic heterocycles. The van der Waals surface area contributed by atoms with Gasteiger partial charge in [-0.05, 0) is 70.1 Å². The van der Waals surface area contributed by atoms with E-state index in [9.17, 15) is 9.59 Å². The van der Waals surface area contributed by atoms with Crippen LogP contribution in [0.1, 0.15) is 48.8 Å². The third kappa shape index (κ3) is 5.14. The van der Waals surface area contributed by atoms with Crippen molar-refractivity contribution in [1.82, 2.24) is 9.80 Å². The van der Waals surface area contributed by atoms with E-state index >= 15 is 0 Å². The molecule has 2 aromatic carbocycles. The molecule has 8 heteroatoms. The lowest BCUT2D eigenvalue weighted by Crippen LogP contribution is -2.61. The summed E-state index contributed by atoms with van der Waals surface area (Å²) in [7, 11) is 5.64. The molecule has 36 heavy (non-hydrogen) atoms. The molecule has 3 amide bonds. The fourth-order valence-corrected chi connectivity index (χ4v) is 5.21. The van der Waals surface area contributed by atoms with E-state index in [1.807, 2.05) is 58.3 Å². The Labute approximate surface area is 213 Å². The van der Waals surface area contributed by atoms with Crippen molar-refractivity contribution < 1.29 is 19.1 Å². The molecular formula is C28H38N4O4. The zero-order valence-electron chi connectivity index (χ0n) is 22.1. The molecule has 1 aliphatic carbocycles. The summed E-state index contributed by atoms with van der Waals surface area (Å²) in [4.78, 5) is 31.1. The van der Waals surface area contributed by atoms with Gasteiger partial charge in [-0.25, -0.2) is 4.79 Å². The topological polar surface area (TPSA) is 83.1 Å². The predicted octanol–water partition coefficient (Wildman–Crippen LogP) is 4.94. The second-order valence-corrected chi connectivity index (χ2v) is 10.1. The molecule has 0 unspecified atom stereocenters. The molecule has 1 aliphatic heterocycles. The molecule has 0 bridgehead atoms. The zero-order chi connectivity index (χ0) is 25.9. The van der Waals surface area contributed by atoms with Gasteiger partial charge in [-0.3, -0.25) is 4.79 Å². The van der Waals surface area contributed by atoms with Gasteiger partial charge in [0.1, 0.15) is 23.6 Å². The summed E-state index contributed by atoms with van der Waals surface area (Å²) in [5.41, 5.74) is 3.50. The van der Waals surface area contributed by atoms with Crippen LogP contribution in [-0.4, -0.2) is 61.6 Å². The Morgan fingerprint density at radius 2 is 1.86 bits per heavy atom. The molecule has 0 saturated heterocycles. The molecule has 0 atom stereocenters. The van der Waals surface area contributed by atoms with Crippen LogP contribution in [0.3, 0.4) is 0 Å². The van der Waals surface area contributed by atoms with Gasteiger partial charge in [0.05, 0.1) is 13.7 Å². The Balaban J connectivity index is 1.62. The van der Waals surface area contributed by atoms with Crippen molar-refractivity contribution in [3.05, 3.63) is 47.0 Å². The number of fused-ring (bicyclic) bond motifs is 1. The average Bonchev–Trinajstić information content (AvgIpc) is 2.86. The second kappa shape index (κ2) is 10.8. The average molecular weight is 495 g/mol.